The molecule has 5 nitrogen and oxygen atoms in total. The Morgan fingerprint density at radius 3 is 2.63 bits per heavy atom. The normalized spacial score (nSPS) is 13.8. The molecule has 0 spiro atoms. The van der Waals surface area contributed by atoms with E-state index in [1.54, 1.807) is 6.92 Å². The summed E-state index contributed by atoms with van der Waals surface area (Å²) < 4.78 is 39.3. The molecule has 1 unspecified atom stereocenters. The largest absolute Gasteiger partial charge is 0.399 e. The predicted molar refractivity (Wildman–Crippen MR) is 74.6 cm³/mol. The average molecular weight is 355 g/mol. The molecule has 1 atom stereocenters. The lowest BCUT2D eigenvalue weighted by Crippen LogP contribution is -2.30. The number of aliphatic hydroxyl groups excluding tert-OH is 1. The molecule has 3 N–H and O–H groups in total. The van der Waals surface area contributed by atoms with E-state index < -0.39 is 26.8 Å². The summed E-state index contributed by atoms with van der Waals surface area (Å²) in [6, 6.07) is 2.37. The first-order valence-corrected chi connectivity index (χ1v) is 7.78. The molecule has 0 saturated heterocycles. The molecule has 0 aliphatic heterocycles. The summed E-state index contributed by atoms with van der Waals surface area (Å²) in [5.41, 5.74) is 5.68. The van der Waals surface area contributed by atoms with Crippen LogP contribution in [0.5, 0.6) is 0 Å². The van der Waals surface area contributed by atoms with Crippen molar-refractivity contribution in [1.29, 1.82) is 0 Å². The van der Waals surface area contributed by atoms with Crippen molar-refractivity contribution < 1.29 is 17.9 Å². The zero-order chi connectivity index (χ0) is 14.8. The summed E-state index contributed by atoms with van der Waals surface area (Å²) in [7, 11) is -2.65. The first kappa shape index (κ1) is 16.4. The smallest absolute Gasteiger partial charge is 0.245 e. The van der Waals surface area contributed by atoms with Gasteiger partial charge < -0.3 is 10.8 Å². The van der Waals surface area contributed by atoms with Crippen molar-refractivity contribution in [1.82, 2.24) is 4.31 Å². The van der Waals surface area contributed by atoms with Crippen LogP contribution in [0.2, 0.25) is 0 Å². The highest BCUT2D eigenvalue weighted by molar-refractivity contribution is 9.10. The number of anilines is 1. The van der Waals surface area contributed by atoms with Gasteiger partial charge in [0.15, 0.2) is 5.82 Å². The van der Waals surface area contributed by atoms with Crippen molar-refractivity contribution in [2.24, 2.45) is 0 Å². The molecule has 1 rings (SSSR count). The maximum Gasteiger partial charge on any atom is 0.245 e. The van der Waals surface area contributed by atoms with E-state index in [0.717, 1.165) is 10.4 Å². The fraction of sp³-hybridized carbons (Fsp3) is 0.455. The van der Waals surface area contributed by atoms with Gasteiger partial charge in [-0.05, 0) is 41.4 Å². The number of halogens is 2. The summed E-state index contributed by atoms with van der Waals surface area (Å²) in [5.74, 6) is -0.877. The van der Waals surface area contributed by atoms with E-state index in [1.165, 1.54) is 13.1 Å². The van der Waals surface area contributed by atoms with E-state index in [9.17, 15) is 12.8 Å². The van der Waals surface area contributed by atoms with Crippen LogP contribution in [0.1, 0.15) is 13.3 Å². The van der Waals surface area contributed by atoms with Crippen molar-refractivity contribution in [3.63, 3.8) is 0 Å². The van der Waals surface area contributed by atoms with Crippen LogP contribution in [-0.2, 0) is 10.0 Å². The van der Waals surface area contributed by atoms with Crippen LogP contribution in [0.4, 0.5) is 10.1 Å². The van der Waals surface area contributed by atoms with Gasteiger partial charge in [0.05, 0.1) is 10.6 Å². The number of benzene rings is 1. The van der Waals surface area contributed by atoms with Crippen molar-refractivity contribution in [3.05, 3.63) is 22.4 Å². The fourth-order valence-electron chi connectivity index (χ4n) is 1.43. The average Bonchev–Trinajstić information content (AvgIpc) is 2.30. The Morgan fingerprint density at radius 2 is 2.11 bits per heavy atom. The standard InChI is InChI=1S/C11H16BrFN2O3S/c1-7(16)3-4-15(2)19(17,18)10-6-8(14)5-9(12)11(10)13/h5-7,16H,3-4,14H2,1-2H3. The minimum absolute atomic E-state index is 0.00463. The Kier molecular flexibility index (Phi) is 5.31. The lowest BCUT2D eigenvalue weighted by molar-refractivity contribution is 0.177. The zero-order valence-electron chi connectivity index (χ0n) is 10.6. The van der Waals surface area contributed by atoms with Gasteiger partial charge in [-0.15, -0.1) is 0 Å². The van der Waals surface area contributed by atoms with Crippen LogP contribution in [0.3, 0.4) is 0 Å². The van der Waals surface area contributed by atoms with Crippen molar-refractivity contribution in [2.75, 3.05) is 19.3 Å². The second-order valence-corrected chi connectivity index (χ2v) is 7.15. The SMILES string of the molecule is CC(O)CCN(C)S(=O)(=O)c1cc(N)cc(Br)c1F. The lowest BCUT2D eigenvalue weighted by atomic mass is 10.3. The quantitative estimate of drug-likeness (QED) is 0.786. The molecule has 0 amide bonds. The molecule has 0 radical (unpaired) electrons. The number of aliphatic hydroxyl groups is 1. The predicted octanol–water partition coefficient (Wildman–Crippen LogP) is 1.56. The van der Waals surface area contributed by atoms with Crippen LogP contribution in [0.25, 0.3) is 0 Å². The highest BCUT2D eigenvalue weighted by Gasteiger charge is 2.26. The van der Waals surface area contributed by atoms with E-state index in [4.69, 9.17) is 10.8 Å². The van der Waals surface area contributed by atoms with Gasteiger partial charge in [0, 0.05) is 19.3 Å². The van der Waals surface area contributed by atoms with E-state index in [-0.39, 0.29) is 23.1 Å². The molecule has 0 aliphatic rings. The third kappa shape index (κ3) is 3.88. The van der Waals surface area contributed by atoms with Crippen LogP contribution in [-0.4, -0.2) is 37.5 Å². The maximum atomic E-state index is 13.9. The Balaban J connectivity index is 3.13. The summed E-state index contributed by atoms with van der Waals surface area (Å²) in [6.07, 6.45) is -0.365. The molecule has 8 heteroatoms. The number of nitrogen functional groups attached to an aromatic ring is 1. The first-order valence-electron chi connectivity index (χ1n) is 5.55. The van der Waals surface area contributed by atoms with Gasteiger partial charge in [-0.1, -0.05) is 0 Å². The lowest BCUT2D eigenvalue weighted by Gasteiger charge is -2.19. The molecule has 0 aromatic heterocycles. The summed E-state index contributed by atoms with van der Waals surface area (Å²) in [6.45, 7) is 1.64. The van der Waals surface area contributed by atoms with Crippen molar-refractivity contribution >= 4 is 31.6 Å². The maximum absolute atomic E-state index is 13.9. The van der Waals surface area contributed by atoms with E-state index in [2.05, 4.69) is 15.9 Å². The number of nitrogens with two attached hydrogens (primary N) is 1. The topological polar surface area (TPSA) is 83.6 Å². The van der Waals surface area contributed by atoms with E-state index in [0.29, 0.717) is 0 Å². The van der Waals surface area contributed by atoms with Gasteiger partial charge in [0.2, 0.25) is 10.0 Å². The number of hydrogen-bond acceptors (Lipinski definition) is 4. The molecule has 19 heavy (non-hydrogen) atoms. The minimum atomic E-state index is -3.97. The second-order valence-electron chi connectivity index (χ2n) is 4.28. The molecular weight excluding hydrogens is 339 g/mol. The number of rotatable bonds is 5. The second kappa shape index (κ2) is 6.17. The molecule has 0 heterocycles. The van der Waals surface area contributed by atoms with Crippen LogP contribution >= 0.6 is 15.9 Å². The molecule has 1 aromatic rings. The third-order valence-corrected chi connectivity index (χ3v) is 5.00. The monoisotopic (exact) mass is 354 g/mol. The molecule has 108 valence electrons. The van der Waals surface area contributed by atoms with E-state index >= 15 is 0 Å². The van der Waals surface area contributed by atoms with Gasteiger partial charge in [0.25, 0.3) is 0 Å². The number of nitrogens with zero attached hydrogens (tertiary/aromatic N) is 1. The highest BCUT2D eigenvalue weighted by Crippen LogP contribution is 2.27. The first-order chi connectivity index (χ1) is 8.66. The molecule has 1 aromatic carbocycles. The van der Waals surface area contributed by atoms with Crippen molar-refractivity contribution in [2.45, 2.75) is 24.3 Å². The molecule has 0 aliphatic carbocycles. The van der Waals surface area contributed by atoms with Crippen molar-refractivity contribution in [3.8, 4) is 0 Å². The summed E-state index contributed by atoms with van der Waals surface area (Å²) in [5, 5.41) is 9.16. The molecule has 0 bridgehead atoms. The van der Waals surface area contributed by atoms with Crippen LogP contribution < -0.4 is 5.73 Å². The summed E-state index contributed by atoms with van der Waals surface area (Å²) >= 11 is 2.92. The summed E-state index contributed by atoms with van der Waals surface area (Å²) in [4.78, 5) is -0.479. The third-order valence-electron chi connectivity index (χ3n) is 2.57. The fourth-order valence-corrected chi connectivity index (χ4v) is 3.34. The molecular formula is C11H16BrFN2O3S. The Hall–Kier alpha value is -0.700. The van der Waals surface area contributed by atoms with Crippen LogP contribution in [0, 0.1) is 5.82 Å². The highest BCUT2D eigenvalue weighted by atomic mass is 79.9. The van der Waals surface area contributed by atoms with Gasteiger partial charge in [0.1, 0.15) is 4.90 Å². The number of sulfonamides is 1. The number of hydrogen-bond donors (Lipinski definition) is 2. The van der Waals surface area contributed by atoms with Gasteiger partial charge in [-0.3, -0.25) is 0 Å². The van der Waals surface area contributed by atoms with Gasteiger partial charge in [-0.2, -0.15) is 0 Å². The van der Waals surface area contributed by atoms with Gasteiger partial charge >= 0.3 is 0 Å². The van der Waals surface area contributed by atoms with Gasteiger partial charge in [-0.25, -0.2) is 17.1 Å². The Morgan fingerprint density at radius 1 is 1.53 bits per heavy atom. The molecule has 0 fully saturated rings. The zero-order valence-corrected chi connectivity index (χ0v) is 13.0. The Labute approximate surface area is 120 Å². The van der Waals surface area contributed by atoms with E-state index in [1.807, 2.05) is 0 Å². The minimum Gasteiger partial charge on any atom is -0.399 e. The Bertz CT molecular complexity index is 563. The van der Waals surface area contributed by atoms with Crippen LogP contribution in [0.15, 0.2) is 21.5 Å². The molecule has 0 saturated carbocycles.